The number of carboxylic acids is 1. The van der Waals surface area contributed by atoms with Crippen molar-refractivity contribution in [3.05, 3.63) is 33.6 Å². The summed E-state index contributed by atoms with van der Waals surface area (Å²) in [7, 11) is 0. The number of anilines is 1. The van der Waals surface area contributed by atoms with Crippen molar-refractivity contribution in [3.8, 4) is 11.8 Å². The molecule has 0 aliphatic rings. The van der Waals surface area contributed by atoms with Crippen LogP contribution in [-0.4, -0.2) is 22.5 Å². The van der Waals surface area contributed by atoms with Gasteiger partial charge in [0.05, 0.1) is 23.2 Å². The third-order valence-corrected chi connectivity index (χ3v) is 2.06. The summed E-state index contributed by atoms with van der Waals surface area (Å²) in [5.41, 5.74) is -1.50. The summed E-state index contributed by atoms with van der Waals surface area (Å²) >= 11 is 0. The lowest BCUT2D eigenvalue weighted by atomic mass is 10.1. The van der Waals surface area contributed by atoms with E-state index in [0.29, 0.717) is 6.07 Å². The molecule has 0 bridgehead atoms. The van der Waals surface area contributed by atoms with E-state index in [-0.39, 0.29) is 12.2 Å². The molecule has 0 heterocycles. The highest BCUT2D eigenvalue weighted by Gasteiger charge is 2.22. The van der Waals surface area contributed by atoms with Crippen LogP contribution in [0.5, 0.6) is 0 Å². The van der Waals surface area contributed by atoms with E-state index < -0.39 is 28.0 Å². The largest absolute Gasteiger partial charge is 0.477 e. The summed E-state index contributed by atoms with van der Waals surface area (Å²) in [4.78, 5) is 20.5. The Kier molecular flexibility index (Phi) is 4.21. The summed E-state index contributed by atoms with van der Waals surface area (Å²) in [6.07, 6.45) is 0. The molecule has 2 N–H and O–H groups in total. The first-order chi connectivity index (χ1) is 8.47. The topological polar surface area (TPSA) is 92.5 Å². The molecule has 0 saturated carbocycles. The second-order valence-corrected chi connectivity index (χ2v) is 3.19. The molecule has 0 radical (unpaired) electrons. The van der Waals surface area contributed by atoms with Gasteiger partial charge in [-0.3, -0.25) is 10.1 Å². The Morgan fingerprint density at radius 1 is 1.61 bits per heavy atom. The van der Waals surface area contributed by atoms with Crippen LogP contribution in [0.2, 0.25) is 0 Å². The maximum atomic E-state index is 13.5. The van der Waals surface area contributed by atoms with E-state index in [1.165, 1.54) is 0 Å². The Bertz CT molecular complexity index is 560. The molecule has 0 saturated heterocycles. The lowest BCUT2D eigenvalue weighted by molar-refractivity contribution is -0.385. The van der Waals surface area contributed by atoms with Gasteiger partial charge in [-0.1, -0.05) is 5.92 Å². The fourth-order valence-electron chi connectivity index (χ4n) is 1.25. The van der Waals surface area contributed by atoms with Crippen molar-refractivity contribution >= 4 is 17.3 Å². The maximum Gasteiger partial charge on any atom is 0.342 e. The van der Waals surface area contributed by atoms with Gasteiger partial charge in [0.2, 0.25) is 0 Å². The SMILES string of the molecule is CC#CCNc1cc(C(=O)O)c([N+](=O)[O-])cc1F. The zero-order chi connectivity index (χ0) is 13.7. The van der Waals surface area contributed by atoms with Crippen molar-refractivity contribution in [2.45, 2.75) is 6.92 Å². The normalized spacial score (nSPS) is 9.22. The van der Waals surface area contributed by atoms with Gasteiger partial charge < -0.3 is 10.4 Å². The van der Waals surface area contributed by atoms with Crippen LogP contribution in [0.25, 0.3) is 0 Å². The molecule has 0 spiro atoms. The van der Waals surface area contributed by atoms with E-state index in [9.17, 15) is 19.3 Å². The van der Waals surface area contributed by atoms with Gasteiger partial charge in [-0.2, -0.15) is 0 Å². The van der Waals surface area contributed by atoms with Crippen molar-refractivity contribution < 1.29 is 19.2 Å². The molecule has 0 unspecified atom stereocenters. The molecule has 1 aromatic carbocycles. The second-order valence-electron chi connectivity index (χ2n) is 3.19. The van der Waals surface area contributed by atoms with E-state index in [2.05, 4.69) is 17.2 Å². The number of nitrogens with zero attached hydrogens (tertiary/aromatic N) is 1. The highest BCUT2D eigenvalue weighted by Crippen LogP contribution is 2.26. The molecule has 0 amide bonds. The number of halogens is 1. The number of benzene rings is 1. The average molecular weight is 252 g/mol. The Labute approximate surface area is 102 Å². The van der Waals surface area contributed by atoms with Gasteiger partial charge in [0, 0.05) is 0 Å². The van der Waals surface area contributed by atoms with Crippen LogP contribution >= 0.6 is 0 Å². The van der Waals surface area contributed by atoms with Crippen LogP contribution in [0.4, 0.5) is 15.8 Å². The summed E-state index contributed by atoms with van der Waals surface area (Å²) in [6, 6.07) is 1.46. The molecule has 1 rings (SSSR count). The second kappa shape index (κ2) is 5.63. The number of aromatic carboxylic acids is 1. The third-order valence-electron chi connectivity index (χ3n) is 2.06. The van der Waals surface area contributed by atoms with E-state index in [1.54, 1.807) is 6.92 Å². The molecule has 0 aliphatic heterocycles. The molecule has 6 nitrogen and oxygen atoms in total. The van der Waals surface area contributed by atoms with Gasteiger partial charge in [0.25, 0.3) is 5.69 Å². The Hall–Kier alpha value is -2.62. The molecule has 94 valence electrons. The summed E-state index contributed by atoms with van der Waals surface area (Å²) in [6.45, 7) is 1.71. The van der Waals surface area contributed by atoms with Crippen LogP contribution < -0.4 is 5.32 Å². The predicted octanol–water partition coefficient (Wildman–Crippen LogP) is 1.87. The molecule has 18 heavy (non-hydrogen) atoms. The van der Waals surface area contributed by atoms with Crippen LogP contribution in [0.3, 0.4) is 0 Å². The predicted molar refractivity (Wildman–Crippen MR) is 62.0 cm³/mol. The quantitative estimate of drug-likeness (QED) is 0.484. The molecule has 0 fully saturated rings. The Morgan fingerprint density at radius 2 is 2.28 bits per heavy atom. The molecular weight excluding hydrogens is 243 g/mol. The van der Waals surface area contributed by atoms with Gasteiger partial charge in [0.1, 0.15) is 5.56 Å². The van der Waals surface area contributed by atoms with Crippen molar-refractivity contribution in [1.82, 2.24) is 0 Å². The van der Waals surface area contributed by atoms with Gasteiger partial charge in [-0.05, 0) is 13.0 Å². The number of nitro groups is 1. The highest BCUT2D eigenvalue weighted by atomic mass is 19.1. The van der Waals surface area contributed by atoms with Crippen LogP contribution in [0.1, 0.15) is 17.3 Å². The number of hydrogen-bond acceptors (Lipinski definition) is 4. The van der Waals surface area contributed by atoms with Gasteiger partial charge in [0.15, 0.2) is 5.82 Å². The van der Waals surface area contributed by atoms with Gasteiger partial charge in [-0.25, -0.2) is 9.18 Å². The molecule has 7 heteroatoms. The lowest BCUT2D eigenvalue weighted by Gasteiger charge is -2.06. The van der Waals surface area contributed by atoms with Crippen LogP contribution in [0, 0.1) is 27.8 Å². The van der Waals surface area contributed by atoms with Gasteiger partial charge in [-0.15, -0.1) is 5.92 Å². The fourth-order valence-corrected chi connectivity index (χ4v) is 1.25. The van der Waals surface area contributed by atoms with E-state index in [1.807, 2.05) is 0 Å². The smallest absolute Gasteiger partial charge is 0.342 e. The number of carboxylic acid groups (broad SMARTS) is 1. The standard InChI is InChI=1S/C11H9FN2O4/c1-2-3-4-13-9-5-7(11(15)16)10(14(17)18)6-8(9)12/h5-6,13H,4H2,1H3,(H,15,16). The van der Waals surface area contributed by atoms with Crippen molar-refractivity contribution in [3.63, 3.8) is 0 Å². The Balaban J connectivity index is 3.21. The Morgan fingerprint density at radius 3 is 2.78 bits per heavy atom. The average Bonchev–Trinajstić information content (AvgIpc) is 2.30. The minimum absolute atomic E-state index is 0.115. The maximum absolute atomic E-state index is 13.5. The lowest BCUT2D eigenvalue weighted by Crippen LogP contribution is -2.07. The third kappa shape index (κ3) is 2.95. The van der Waals surface area contributed by atoms with Crippen molar-refractivity contribution in [2.24, 2.45) is 0 Å². The van der Waals surface area contributed by atoms with Gasteiger partial charge >= 0.3 is 5.97 Å². The van der Waals surface area contributed by atoms with E-state index in [4.69, 9.17) is 5.11 Å². The molecule has 0 atom stereocenters. The number of hydrogen-bond donors (Lipinski definition) is 2. The molecule has 1 aromatic rings. The minimum atomic E-state index is -1.49. The first-order valence-electron chi connectivity index (χ1n) is 4.82. The number of rotatable bonds is 4. The van der Waals surface area contributed by atoms with Crippen LogP contribution in [0.15, 0.2) is 12.1 Å². The zero-order valence-corrected chi connectivity index (χ0v) is 9.36. The molecule has 0 aliphatic carbocycles. The first-order valence-corrected chi connectivity index (χ1v) is 4.82. The monoisotopic (exact) mass is 252 g/mol. The highest BCUT2D eigenvalue weighted by molar-refractivity contribution is 5.93. The number of carbonyl (C=O) groups is 1. The van der Waals surface area contributed by atoms with Crippen molar-refractivity contribution in [1.29, 1.82) is 0 Å². The summed E-state index contributed by atoms with van der Waals surface area (Å²) < 4.78 is 13.5. The number of nitro benzene ring substituents is 1. The molecule has 0 aromatic heterocycles. The zero-order valence-electron chi connectivity index (χ0n) is 9.36. The number of nitrogens with one attached hydrogen (secondary N) is 1. The fraction of sp³-hybridized carbons (Fsp3) is 0.182. The van der Waals surface area contributed by atoms with E-state index in [0.717, 1.165) is 6.07 Å². The first kappa shape index (κ1) is 13.4. The minimum Gasteiger partial charge on any atom is -0.477 e. The van der Waals surface area contributed by atoms with Crippen molar-refractivity contribution in [2.75, 3.05) is 11.9 Å². The summed E-state index contributed by atoms with van der Waals surface area (Å²) in [5.74, 6) is 2.77. The van der Waals surface area contributed by atoms with Crippen LogP contribution in [-0.2, 0) is 0 Å². The molecular formula is C11H9FN2O4. The summed E-state index contributed by atoms with van der Waals surface area (Å²) in [5, 5.41) is 21.9. The van der Waals surface area contributed by atoms with E-state index >= 15 is 0 Å².